The van der Waals surface area contributed by atoms with E-state index in [-0.39, 0.29) is 23.3 Å². The summed E-state index contributed by atoms with van der Waals surface area (Å²) in [4.78, 5) is 20.6. The van der Waals surface area contributed by atoms with Crippen LogP contribution in [0.25, 0.3) is 16.9 Å². The Balaban J connectivity index is 1.22. The molecule has 4 aromatic rings. The van der Waals surface area contributed by atoms with Crippen LogP contribution in [0.4, 0.5) is 14.5 Å². The molecule has 1 aromatic carbocycles. The number of rotatable bonds is 11. The van der Waals surface area contributed by atoms with Crippen LogP contribution in [0.3, 0.4) is 0 Å². The summed E-state index contributed by atoms with van der Waals surface area (Å²) in [6.07, 6.45) is 9.63. The van der Waals surface area contributed by atoms with Gasteiger partial charge in [0.2, 0.25) is 5.91 Å². The quantitative estimate of drug-likeness (QED) is 0.236. The number of aromatic nitrogens is 5. The molecule has 1 unspecified atom stereocenters. The van der Waals surface area contributed by atoms with Crippen molar-refractivity contribution in [2.24, 2.45) is 0 Å². The summed E-state index contributed by atoms with van der Waals surface area (Å²) in [5, 5.41) is 23.7. The number of ether oxygens (including phenoxy) is 1. The molecule has 11 nitrogen and oxygen atoms in total. The van der Waals surface area contributed by atoms with E-state index in [1.54, 1.807) is 29.2 Å². The number of hydrogen-bond acceptors (Lipinski definition) is 8. The van der Waals surface area contributed by atoms with Gasteiger partial charge in [0.25, 0.3) is 0 Å². The van der Waals surface area contributed by atoms with Crippen molar-refractivity contribution in [2.75, 3.05) is 38.0 Å². The van der Waals surface area contributed by atoms with Crippen LogP contribution in [0, 0.1) is 0 Å². The van der Waals surface area contributed by atoms with Crippen LogP contribution in [-0.4, -0.2) is 84.5 Å². The number of carbonyl (C=O) groups excluding carboxylic acids is 1. The molecule has 5 heterocycles. The standard InChI is InChI=1S/C29H33ClF2N8O3/c30-19-5-6-24(43-29(31)32)21(16-19)26-23(35-28(42)22-17-34-39-13-2-9-33-27(22)39)18-40(36-26)20-7-14-37(15-8-20)10-3-12-38-11-1-4-25(38)41/h2,5-6,9,13,16-18,20,28-29,35,42H,1,3-4,7-8,10-12,14-15H2. The monoisotopic (exact) mass is 614 g/mol. The van der Waals surface area contributed by atoms with Crippen LogP contribution in [0.5, 0.6) is 5.75 Å². The number of nitrogens with one attached hydrogen (secondary N) is 1. The second kappa shape index (κ2) is 12.8. The molecule has 3 aromatic heterocycles. The molecule has 228 valence electrons. The van der Waals surface area contributed by atoms with Gasteiger partial charge >= 0.3 is 6.61 Å². The number of nitrogens with zero attached hydrogens (tertiary/aromatic N) is 7. The molecule has 6 rings (SSSR count). The summed E-state index contributed by atoms with van der Waals surface area (Å²) in [5.74, 6) is 0.175. The third-order valence-electron chi connectivity index (χ3n) is 8.04. The van der Waals surface area contributed by atoms with Gasteiger partial charge in [-0.2, -0.15) is 19.0 Å². The van der Waals surface area contributed by atoms with Gasteiger partial charge in [0.05, 0.1) is 23.5 Å². The first-order valence-corrected chi connectivity index (χ1v) is 14.8. The predicted octanol–water partition coefficient (Wildman–Crippen LogP) is 4.60. The summed E-state index contributed by atoms with van der Waals surface area (Å²) >= 11 is 6.28. The molecule has 0 bridgehead atoms. The highest BCUT2D eigenvalue weighted by molar-refractivity contribution is 6.31. The largest absolute Gasteiger partial charge is 0.434 e. The number of anilines is 1. The Morgan fingerprint density at radius 2 is 2.02 bits per heavy atom. The molecule has 2 aliphatic rings. The molecule has 14 heteroatoms. The zero-order chi connectivity index (χ0) is 29.9. The number of alkyl halides is 2. The summed E-state index contributed by atoms with van der Waals surface area (Å²) in [6.45, 7) is 1.27. The zero-order valence-electron chi connectivity index (χ0n) is 23.5. The first kappa shape index (κ1) is 29.3. The van der Waals surface area contributed by atoms with E-state index in [9.17, 15) is 18.7 Å². The highest BCUT2D eigenvalue weighted by Crippen LogP contribution is 2.39. The molecule has 0 saturated carbocycles. The number of hydrogen-bond donors (Lipinski definition) is 2. The zero-order valence-corrected chi connectivity index (χ0v) is 24.2. The van der Waals surface area contributed by atoms with Crippen molar-refractivity contribution in [3.05, 3.63) is 59.6 Å². The number of fused-ring (bicyclic) bond motifs is 1. The molecule has 0 spiro atoms. The minimum absolute atomic E-state index is 0.0557. The van der Waals surface area contributed by atoms with Gasteiger partial charge in [0.1, 0.15) is 11.4 Å². The highest BCUT2D eigenvalue weighted by Gasteiger charge is 2.27. The fraction of sp³-hybridized carbons (Fsp3) is 0.448. The Hall–Kier alpha value is -3.81. The lowest BCUT2D eigenvalue weighted by atomic mass is 10.1. The number of benzene rings is 1. The maximum atomic E-state index is 13.3. The molecule has 2 aliphatic heterocycles. The van der Waals surface area contributed by atoms with Crippen molar-refractivity contribution in [3.63, 3.8) is 0 Å². The van der Waals surface area contributed by atoms with Gasteiger partial charge in [-0.1, -0.05) is 11.6 Å². The lowest BCUT2D eigenvalue weighted by Crippen LogP contribution is -2.37. The lowest BCUT2D eigenvalue weighted by Gasteiger charge is -2.32. The van der Waals surface area contributed by atoms with E-state index in [1.807, 2.05) is 9.58 Å². The molecule has 43 heavy (non-hydrogen) atoms. The number of aliphatic hydroxyl groups is 1. The Labute approximate surface area is 252 Å². The number of aliphatic hydroxyl groups excluding tert-OH is 1. The molecule has 1 amide bonds. The maximum Gasteiger partial charge on any atom is 0.387 e. The Morgan fingerprint density at radius 1 is 1.19 bits per heavy atom. The third-order valence-corrected chi connectivity index (χ3v) is 8.28. The number of piperidine rings is 1. The van der Waals surface area contributed by atoms with Gasteiger partial charge in [-0.3, -0.25) is 9.48 Å². The Kier molecular flexibility index (Phi) is 8.73. The fourth-order valence-electron chi connectivity index (χ4n) is 5.87. The van der Waals surface area contributed by atoms with Crippen LogP contribution >= 0.6 is 11.6 Å². The van der Waals surface area contributed by atoms with E-state index in [2.05, 4.69) is 20.3 Å². The summed E-state index contributed by atoms with van der Waals surface area (Å²) in [5.41, 5.74) is 1.93. The summed E-state index contributed by atoms with van der Waals surface area (Å²) < 4.78 is 34.8. The average Bonchev–Trinajstić information content (AvgIpc) is 3.73. The third kappa shape index (κ3) is 6.58. The molecule has 2 saturated heterocycles. The van der Waals surface area contributed by atoms with Crippen molar-refractivity contribution >= 4 is 28.8 Å². The number of likely N-dealkylation sites (tertiary alicyclic amines) is 2. The highest BCUT2D eigenvalue weighted by atomic mass is 35.5. The molecule has 1 atom stereocenters. The van der Waals surface area contributed by atoms with E-state index in [4.69, 9.17) is 21.4 Å². The number of carbonyl (C=O) groups is 1. The van der Waals surface area contributed by atoms with Gasteiger partial charge in [-0.05, 0) is 56.5 Å². The van der Waals surface area contributed by atoms with Crippen molar-refractivity contribution in [2.45, 2.75) is 51.0 Å². The van der Waals surface area contributed by atoms with E-state index in [0.717, 1.165) is 58.4 Å². The van der Waals surface area contributed by atoms with E-state index in [1.165, 1.54) is 24.4 Å². The van der Waals surface area contributed by atoms with Crippen molar-refractivity contribution in [3.8, 4) is 17.0 Å². The predicted molar refractivity (Wildman–Crippen MR) is 156 cm³/mol. The molecule has 2 N–H and O–H groups in total. The smallest absolute Gasteiger partial charge is 0.387 e. The minimum Gasteiger partial charge on any atom is -0.434 e. The summed E-state index contributed by atoms with van der Waals surface area (Å²) in [7, 11) is 0. The van der Waals surface area contributed by atoms with Gasteiger partial charge < -0.3 is 25.0 Å². The number of amides is 1. The minimum atomic E-state index is -3.04. The fourth-order valence-corrected chi connectivity index (χ4v) is 6.04. The van der Waals surface area contributed by atoms with Gasteiger partial charge in [-0.25, -0.2) is 9.50 Å². The van der Waals surface area contributed by atoms with Crippen molar-refractivity contribution in [1.82, 2.24) is 34.2 Å². The van der Waals surface area contributed by atoms with Gasteiger partial charge in [0, 0.05) is 61.8 Å². The van der Waals surface area contributed by atoms with Crippen molar-refractivity contribution < 1.29 is 23.4 Å². The van der Waals surface area contributed by atoms with Crippen LogP contribution < -0.4 is 10.1 Å². The summed E-state index contributed by atoms with van der Waals surface area (Å²) in [6, 6.07) is 6.16. The van der Waals surface area contributed by atoms with E-state index < -0.39 is 12.8 Å². The van der Waals surface area contributed by atoms with Crippen LogP contribution in [0.15, 0.2) is 49.1 Å². The Bertz CT molecular complexity index is 1570. The molecule has 0 radical (unpaired) electrons. The van der Waals surface area contributed by atoms with Crippen LogP contribution in [0.2, 0.25) is 5.02 Å². The lowest BCUT2D eigenvalue weighted by molar-refractivity contribution is -0.127. The SMILES string of the molecule is O=C1CCCN1CCCN1CCC(n2cc(NC(O)c3cnn4cccnc34)c(-c3cc(Cl)ccc3OC(F)F)n2)CC1. The van der Waals surface area contributed by atoms with Crippen LogP contribution in [0.1, 0.15) is 49.9 Å². The molecule has 0 aliphatic carbocycles. The molecular weight excluding hydrogens is 582 g/mol. The average molecular weight is 615 g/mol. The molecule has 2 fully saturated rings. The second-order valence-electron chi connectivity index (χ2n) is 10.8. The van der Waals surface area contributed by atoms with Gasteiger partial charge in [0.15, 0.2) is 11.9 Å². The molecular formula is C29H33ClF2N8O3. The van der Waals surface area contributed by atoms with Crippen LogP contribution in [-0.2, 0) is 4.79 Å². The first-order chi connectivity index (χ1) is 20.9. The normalized spacial score (nSPS) is 17.3. The maximum absolute atomic E-state index is 13.3. The second-order valence-corrected chi connectivity index (χ2v) is 11.3. The Morgan fingerprint density at radius 3 is 2.79 bits per heavy atom. The topological polar surface area (TPSA) is 113 Å². The number of halogens is 3. The van der Waals surface area contributed by atoms with Gasteiger partial charge in [-0.15, -0.1) is 0 Å². The van der Waals surface area contributed by atoms with E-state index in [0.29, 0.717) is 34.0 Å². The van der Waals surface area contributed by atoms with E-state index >= 15 is 0 Å². The first-order valence-electron chi connectivity index (χ1n) is 14.4. The van der Waals surface area contributed by atoms with Crippen molar-refractivity contribution in [1.29, 1.82) is 0 Å².